The summed E-state index contributed by atoms with van der Waals surface area (Å²) in [6.45, 7) is 3.93. The van der Waals surface area contributed by atoms with Crippen LogP contribution in [0.2, 0.25) is 0 Å². The quantitative estimate of drug-likeness (QED) is 0.710. The molecule has 3 N–H and O–H groups in total. The van der Waals surface area contributed by atoms with E-state index >= 15 is 0 Å². The summed E-state index contributed by atoms with van der Waals surface area (Å²) in [5.41, 5.74) is 0.881. The fourth-order valence-corrected chi connectivity index (χ4v) is 2.50. The van der Waals surface area contributed by atoms with Crippen LogP contribution in [0.4, 0.5) is 26.2 Å². The molecule has 0 amide bonds. The lowest BCUT2D eigenvalue weighted by Gasteiger charge is -2.20. The van der Waals surface area contributed by atoms with Gasteiger partial charge in [0.2, 0.25) is 5.95 Å². The number of nitrogens with one attached hydrogen (secondary N) is 2. The summed E-state index contributed by atoms with van der Waals surface area (Å²) in [6.07, 6.45) is 2.11. The molecule has 7 heteroatoms. The lowest BCUT2D eigenvalue weighted by atomic mass is 10.1. The summed E-state index contributed by atoms with van der Waals surface area (Å²) in [4.78, 5) is 8.85. The Kier molecular flexibility index (Phi) is 5.13. The molecule has 134 valence electrons. The van der Waals surface area contributed by atoms with Crippen molar-refractivity contribution < 1.29 is 13.9 Å². The fraction of sp³-hybridized carbons (Fsp3) is 0.444. The Hall–Kier alpha value is -2.28. The van der Waals surface area contributed by atoms with E-state index in [4.69, 9.17) is 0 Å². The number of anilines is 3. The minimum atomic E-state index is -0.557. The average molecular weight is 348 g/mol. The largest absolute Gasteiger partial charge is 0.394 e. The molecule has 0 spiro atoms. The van der Waals surface area contributed by atoms with Crippen LogP contribution in [0.1, 0.15) is 38.3 Å². The highest BCUT2D eigenvalue weighted by Gasteiger charge is 2.27. The van der Waals surface area contributed by atoms with Crippen LogP contribution < -0.4 is 10.6 Å². The molecule has 3 rings (SSSR count). The van der Waals surface area contributed by atoms with Gasteiger partial charge >= 0.3 is 0 Å². The van der Waals surface area contributed by atoms with Gasteiger partial charge in [-0.25, -0.2) is 13.8 Å². The van der Waals surface area contributed by atoms with Crippen LogP contribution in [0.3, 0.4) is 0 Å². The van der Waals surface area contributed by atoms with Crippen LogP contribution in [0, 0.1) is 17.6 Å². The predicted octanol–water partition coefficient (Wildman–Crippen LogP) is 3.80. The van der Waals surface area contributed by atoms with Gasteiger partial charge in [0.1, 0.15) is 17.5 Å². The van der Waals surface area contributed by atoms with Crippen molar-refractivity contribution >= 4 is 17.5 Å². The molecule has 25 heavy (non-hydrogen) atoms. The molecule has 2 aromatic rings. The zero-order chi connectivity index (χ0) is 18.0. The summed E-state index contributed by atoms with van der Waals surface area (Å²) < 4.78 is 27.3. The highest BCUT2D eigenvalue weighted by Crippen LogP contribution is 2.40. The molecule has 1 aromatic heterocycles. The van der Waals surface area contributed by atoms with E-state index in [0.717, 1.165) is 36.7 Å². The van der Waals surface area contributed by atoms with Crippen molar-refractivity contribution in [2.45, 2.75) is 38.6 Å². The molecule has 1 aliphatic carbocycles. The van der Waals surface area contributed by atoms with Crippen LogP contribution in [0.25, 0.3) is 0 Å². The first-order valence-electron chi connectivity index (χ1n) is 8.44. The summed E-state index contributed by atoms with van der Waals surface area (Å²) in [7, 11) is 0. The van der Waals surface area contributed by atoms with E-state index in [1.54, 1.807) is 6.07 Å². The second kappa shape index (κ2) is 7.31. The van der Waals surface area contributed by atoms with Crippen LogP contribution in [0.15, 0.2) is 24.3 Å². The fourth-order valence-electron chi connectivity index (χ4n) is 2.50. The van der Waals surface area contributed by atoms with Crippen molar-refractivity contribution in [1.29, 1.82) is 0 Å². The first kappa shape index (κ1) is 17.5. The third-order valence-corrected chi connectivity index (χ3v) is 4.25. The lowest BCUT2D eigenvalue weighted by molar-refractivity contribution is 0.248. The van der Waals surface area contributed by atoms with Gasteiger partial charge in [0.25, 0.3) is 0 Å². The van der Waals surface area contributed by atoms with Gasteiger partial charge in [-0.05, 0) is 30.9 Å². The van der Waals surface area contributed by atoms with E-state index in [1.165, 1.54) is 0 Å². The molecule has 0 saturated heterocycles. The summed E-state index contributed by atoms with van der Waals surface area (Å²) in [5.74, 6) is 0.237. The third-order valence-electron chi connectivity index (χ3n) is 4.25. The Morgan fingerprint density at radius 2 is 1.96 bits per heavy atom. The third kappa shape index (κ3) is 4.42. The second-order valence-electron chi connectivity index (χ2n) is 6.70. The van der Waals surface area contributed by atoms with Crippen molar-refractivity contribution in [1.82, 2.24) is 9.97 Å². The lowest BCUT2D eigenvalue weighted by Crippen LogP contribution is -2.30. The maximum absolute atomic E-state index is 13.9. The van der Waals surface area contributed by atoms with Gasteiger partial charge in [-0.3, -0.25) is 0 Å². The number of benzene rings is 1. The number of hydrogen-bond acceptors (Lipinski definition) is 5. The summed E-state index contributed by atoms with van der Waals surface area (Å²) in [5, 5.41) is 15.4. The van der Waals surface area contributed by atoms with Crippen LogP contribution >= 0.6 is 0 Å². The van der Waals surface area contributed by atoms with Crippen molar-refractivity contribution in [3.05, 3.63) is 41.6 Å². The first-order valence-corrected chi connectivity index (χ1v) is 8.44. The van der Waals surface area contributed by atoms with Crippen molar-refractivity contribution in [2.75, 3.05) is 17.2 Å². The smallest absolute Gasteiger partial charge is 0.225 e. The maximum Gasteiger partial charge on any atom is 0.225 e. The van der Waals surface area contributed by atoms with E-state index in [2.05, 4.69) is 20.6 Å². The van der Waals surface area contributed by atoms with Gasteiger partial charge in [-0.1, -0.05) is 13.8 Å². The molecular weight excluding hydrogens is 326 g/mol. The van der Waals surface area contributed by atoms with Gasteiger partial charge in [0.05, 0.1) is 24.0 Å². The van der Waals surface area contributed by atoms with Crippen molar-refractivity contribution in [3.63, 3.8) is 0 Å². The average Bonchev–Trinajstić information content (AvgIpc) is 3.40. The highest BCUT2D eigenvalue weighted by atomic mass is 19.1. The Balaban J connectivity index is 1.89. The molecule has 1 atom stereocenters. The maximum atomic E-state index is 13.9. The Morgan fingerprint density at radius 1 is 1.20 bits per heavy atom. The van der Waals surface area contributed by atoms with Gasteiger partial charge < -0.3 is 15.7 Å². The number of nitrogens with zero attached hydrogens (tertiary/aromatic N) is 2. The van der Waals surface area contributed by atoms with E-state index < -0.39 is 11.6 Å². The number of aliphatic hydroxyl groups is 1. The Bertz CT molecular complexity index is 750. The SMILES string of the molecule is CC(C)[C@H](CO)Nc1nc(Nc2cc(F)ccc2F)cc(C2CC2)n1. The van der Waals surface area contributed by atoms with Gasteiger partial charge in [0, 0.05) is 18.1 Å². The number of hydrogen-bond donors (Lipinski definition) is 3. The molecule has 0 aliphatic heterocycles. The minimum absolute atomic E-state index is 0.0222. The van der Waals surface area contributed by atoms with Crippen LogP contribution in [0.5, 0.6) is 0 Å². The summed E-state index contributed by atoms with van der Waals surface area (Å²) >= 11 is 0. The monoisotopic (exact) mass is 348 g/mol. The van der Waals surface area contributed by atoms with Gasteiger partial charge in [0.15, 0.2) is 0 Å². The molecule has 1 aromatic carbocycles. The molecule has 1 fully saturated rings. The van der Waals surface area contributed by atoms with Gasteiger partial charge in [-0.15, -0.1) is 0 Å². The molecule has 1 saturated carbocycles. The zero-order valence-electron chi connectivity index (χ0n) is 14.3. The topological polar surface area (TPSA) is 70.1 Å². The summed E-state index contributed by atoms with van der Waals surface area (Å²) in [6, 6.07) is 4.80. The Morgan fingerprint density at radius 3 is 2.60 bits per heavy atom. The highest BCUT2D eigenvalue weighted by molar-refractivity contribution is 5.58. The minimum Gasteiger partial charge on any atom is -0.394 e. The van der Waals surface area contributed by atoms with Crippen molar-refractivity contribution in [2.24, 2.45) is 5.92 Å². The number of aliphatic hydroxyl groups excluding tert-OH is 1. The number of aromatic nitrogens is 2. The van der Waals surface area contributed by atoms with E-state index in [0.29, 0.717) is 17.7 Å². The first-order chi connectivity index (χ1) is 12.0. The van der Waals surface area contributed by atoms with E-state index in [-0.39, 0.29) is 24.3 Å². The Labute approximate surface area is 145 Å². The second-order valence-corrected chi connectivity index (χ2v) is 6.70. The normalized spacial score (nSPS) is 15.3. The molecule has 0 radical (unpaired) electrons. The number of halogens is 2. The zero-order valence-corrected chi connectivity index (χ0v) is 14.3. The molecule has 5 nitrogen and oxygen atoms in total. The molecule has 0 bridgehead atoms. The molecule has 0 unspecified atom stereocenters. The standard InChI is InChI=1S/C18H22F2N4O/c1-10(2)16(9-25)23-18-22-14(11-3-4-11)8-17(24-18)21-15-7-12(19)5-6-13(15)20/h5-8,10-11,16,25H,3-4,9H2,1-2H3,(H2,21,22,23,24)/t16-/m0/s1. The van der Waals surface area contributed by atoms with Crippen molar-refractivity contribution in [3.8, 4) is 0 Å². The molecule has 1 heterocycles. The van der Waals surface area contributed by atoms with Crippen LogP contribution in [-0.4, -0.2) is 27.7 Å². The van der Waals surface area contributed by atoms with Gasteiger partial charge in [-0.2, -0.15) is 4.98 Å². The molecular formula is C18H22F2N4O. The number of rotatable bonds is 7. The van der Waals surface area contributed by atoms with Crippen LogP contribution in [-0.2, 0) is 0 Å². The van der Waals surface area contributed by atoms with E-state index in [9.17, 15) is 13.9 Å². The predicted molar refractivity (Wildman–Crippen MR) is 93.0 cm³/mol. The van der Waals surface area contributed by atoms with E-state index in [1.807, 2.05) is 13.8 Å². The molecule has 1 aliphatic rings.